The van der Waals surface area contributed by atoms with E-state index in [1.54, 1.807) is 30.1 Å². The number of amides is 2. The Morgan fingerprint density at radius 2 is 1.68 bits per heavy atom. The summed E-state index contributed by atoms with van der Waals surface area (Å²) in [5.41, 5.74) is 1.24. The molecule has 1 aliphatic rings. The highest BCUT2D eigenvalue weighted by molar-refractivity contribution is 5.94. The maximum absolute atomic E-state index is 13.9. The number of carbonyl (C=O) groups is 2. The maximum atomic E-state index is 13.9. The van der Waals surface area contributed by atoms with Crippen LogP contribution in [-0.2, 0) is 11.3 Å². The lowest BCUT2D eigenvalue weighted by Gasteiger charge is -2.38. The lowest BCUT2D eigenvalue weighted by molar-refractivity contribution is -0.132. The smallest absolute Gasteiger partial charge is 0.253 e. The molecule has 0 N–H and O–H groups in total. The van der Waals surface area contributed by atoms with Crippen molar-refractivity contribution in [1.29, 1.82) is 0 Å². The van der Waals surface area contributed by atoms with Gasteiger partial charge in [0.05, 0.1) is 6.54 Å². The highest BCUT2D eigenvalue weighted by Crippen LogP contribution is 2.19. The summed E-state index contributed by atoms with van der Waals surface area (Å²) >= 11 is 0. The minimum Gasteiger partial charge on any atom is -0.340 e. The molecule has 1 fully saturated rings. The molecule has 166 valence electrons. The predicted molar refractivity (Wildman–Crippen MR) is 120 cm³/mol. The van der Waals surface area contributed by atoms with Crippen LogP contribution in [0, 0.1) is 5.82 Å². The van der Waals surface area contributed by atoms with Crippen molar-refractivity contribution < 1.29 is 14.0 Å². The van der Waals surface area contributed by atoms with Gasteiger partial charge in [0.1, 0.15) is 5.82 Å². The standard InChI is InChI=1S/C25H32FN3O2/c1-3-15-29(19-24(30)27(2)18-21-11-7-8-12-23(21)26)22-13-16-28(17-14-22)25(31)20-9-5-4-6-10-20/h4-12,22H,3,13-19H2,1-2H3. The van der Waals surface area contributed by atoms with Gasteiger partial charge in [-0.15, -0.1) is 0 Å². The molecule has 2 aromatic carbocycles. The van der Waals surface area contributed by atoms with Crippen LogP contribution < -0.4 is 0 Å². The van der Waals surface area contributed by atoms with Gasteiger partial charge in [0.2, 0.25) is 5.91 Å². The fraction of sp³-hybridized carbons (Fsp3) is 0.440. The topological polar surface area (TPSA) is 43.9 Å². The molecule has 0 spiro atoms. The lowest BCUT2D eigenvalue weighted by Crippen LogP contribution is -2.49. The molecule has 0 aliphatic carbocycles. The number of halogens is 1. The molecule has 0 aromatic heterocycles. The number of rotatable bonds is 8. The van der Waals surface area contributed by atoms with Crippen molar-refractivity contribution in [2.45, 2.75) is 38.8 Å². The van der Waals surface area contributed by atoms with Gasteiger partial charge in [0.25, 0.3) is 5.91 Å². The molecule has 1 heterocycles. The summed E-state index contributed by atoms with van der Waals surface area (Å²) in [6.45, 7) is 4.90. The molecule has 0 unspecified atom stereocenters. The monoisotopic (exact) mass is 425 g/mol. The van der Waals surface area contributed by atoms with Crippen molar-refractivity contribution in [1.82, 2.24) is 14.7 Å². The zero-order valence-electron chi connectivity index (χ0n) is 18.5. The minimum absolute atomic E-state index is 0.0144. The summed E-state index contributed by atoms with van der Waals surface area (Å²) < 4.78 is 13.9. The first kappa shape index (κ1) is 22.9. The molecule has 0 bridgehead atoms. The lowest BCUT2D eigenvalue weighted by atomic mass is 10.0. The third-order valence-corrected chi connectivity index (χ3v) is 5.93. The van der Waals surface area contributed by atoms with Crippen molar-refractivity contribution in [2.75, 3.05) is 33.2 Å². The van der Waals surface area contributed by atoms with Gasteiger partial charge < -0.3 is 9.80 Å². The fourth-order valence-electron chi connectivity index (χ4n) is 4.14. The molecule has 0 radical (unpaired) electrons. The van der Waals surface area contributed by atoms with E-state index in [4.69, 9.17) is 0 Å². The highest BCUT2D eigenvalue weighted by Gasteiger charge is 2.28. The summed E-state index contributed by atoms with van der Waals surface area (Å²) in [4.78, 5) is 31.3. The van der Waals surface area contributed by atoms with E-state index in [0.717, 1.165) is 31.4 Å². The van der Waals surface area contributed by atoms with Crippen molar-refractivity contribution >= 4 is 11.8 Å². The molecule has 1 aliphatic heterocycles. The Morgan fingerprint density at radius 1 is 1.03 bits per heavy atom. The Kier molecular flexibility index (Phi) is 8.18. The largest absolute Gasteiger partial charge is 0.340 e. The van der Waals surface area contributed by atoms with Gasteiger partial charge in [-0.2, -0.15) is 0 Å². The Hall–Kier alpha value is -2.73. The summed E-state index contributed by atoms with van der Waals surface area (Å²) in [5.74, 6) is -0.232. The summed E-state index contributed by atoms with van der Waals surface area (Å²) in [6, 6.07) is 16.2. The molecule has 5 nitrogen and oxygen atoms in total. The summed E-state index contributed by atoms with van der Waals surface area (Å²) in [6.07, 6.45) is 2.65. The first-order valence-electron chi connectivity index (χ1n) is 11.0. The average molecular weight is 426 g/mol. The second kappa shape index (κ2) is 11.0. The zero-order valence-corrected chi connectivity index (χ0v) is 18.5. The van der Waals surface area contributed by atoms with E-state index < -0.39 is 0 Å². The van der Waals surface area contributed by atoms with Gasteiger partial charge in [-0.25, -0.2) is 4.39 Å². The number of nitrogens with zero attached hydrogens (tertiary/aromatic N) is 3. The molecule has 31 heavy (non-hydrogen) atoms. The van der Waals surface area contributed by atoms with E-state index in [1.165, 1.54) is 6.07 Å². The molecular formula is C25H32FN3O2. The third kappa shape index (κ3) is 6.14. The number of benzene rings is 2. The van der Waals surface area contributed by atoms with Crippen LogP contribution in [0.3, 0.4) is 0 Å². The van der Waals surface area contributed by atoms with Crippen LogP contribution in [0.15, 0.2) is 54.6 Å². The Balaban J connectivity index is 1.55. The van der Waals surface area contributed by atoms with E-state index >= 15 is 0 Å². The molecule has 2 aromatic rings. The average Bonchev–Trinajstić information content (AvgIpc) is 2.80. The number of piperidine rings is 1. The second-order valence-corrected chi connectivity index (χ2v) is 8.20. The number of hydrogen-bond acceptors (Lipinski definition) is 3. The second-order valence-electron chi connectivity index (χ2n) is 8.20. The number of carbonyl (C=O) groups excluding carboxylic acids is 2. The van der Waals surface area contributed by atoms with Crippen molar-refractivity contribution in [2.24, 2.45) is 0 Å². The molecule has 0 saturated carbocycles. The van der Waals surface area contributed by atoms with E-state index in [-0.39, 0.29) is 30.2 Å². The van der Waals surface area contributed by atoms with Gasteiger partial charge >= 0.3 is 0 Å². The van der Waals surface area contributed by atoms with Crippen molar-refractivity contribution in [3.63, 3.8) is 0 Å². The van der Waals surface area contributed by atoms with E-state index in [9.17, 15) is 14.0 Å². The van der Waals surface area contributed by atoms with Crippen LogP contribution in [0.2, 0.25) is 0 Å². The van der Waals surface area contributed by atoms with Gasteiger partial charge in [0, 0.05) is 43.9 Å². The van der Waals surface area contributed by atoms with Crippen LogP contribution in [0.4, 0.5) is 4.39 Å². The summed E-state index contributed by atoms with van der Waals surface area (Å²) in [7, 11) is 1.72. The van der Waals surface area contributed by atoms with Crippen LogP contribution >= 0.6 is 0 Å². The zero-order chi connectivity index (χ0) is 22.2. The molecule has 3 rings (SSSR count). The normalized spacial score (nSPS) is 14.6. The van der Waals surface area contributed by atoms with E-state index in [2.05, 4.69) is 11.8 Å². The SMILES string of the molecule is CCCN(CC(=O)N(C)Cc1ccccc1F)C1CCN(C(=O)c2ccccc2)CC1. The van der Waals surface area contributed by atoms with E-state index in [0.29, 0.717) is 25.2 Å². The predicted octanol–water partition coefficient (Wildman–Crippen LogP) is 3.80. The van der Waals surface area contributed by atoms with Gasteiger partial charge in [-0.3, -0.25) is 14.5 Å². The molecule has 2 amide bonds. The van der Waals surface area contributed by atoms with Crippen molar-refractivity contribution in [3.8, 4) is 0 Å². The van der Waals surface area contributed by atoms with Crippen molar-refractivity contribution in [3.05, 3.63) is 71.5 Å². The number of hydrogen-bond donors (Lipinski definition) is 0. The Bertz CT molecular complexity index is 866. The molecule has 1 saturated heterocycles. The number of likely N-dealkylation sites (tertiary alicyclic amines) is 1. The fourth-order valence-corrected chi connectivity index (χ4v) is 4.14. The van der Waals surface area contributed by atoms with Crippen LogP contribution in [-0.4, -0.2) is 65.8 Å². The summed E-state index contributed by atoms with van der Waals surface area (Å²) in [5, 5.41) is 0. The number of likely N-dealkylation sites (N-methyl/N-ethyl adjacent to an activating group) is 1. The van der Waals surface area contributed by atoms with E-state index in [1.807, 2.05) is 35.2 Å². The highest BCUT2D eigenvalue weighted by atomic mass is 19.1. The van der Waals surface area contributed by atoms with Gasteiger partial charge in [-0.1, -0.05) is 43.3 Å². The third-order valence-electron chi connectivity index (χ3n) is 5.93. The van der Waals surface area contributed by atoms with Gasteiger partial charge in [0.15, 0.2) is 0 Å². The Morgan fingerprint density at radius 3 is 2.32 bits per heavy atom. The van der Waals surface area contributed by atoms with Crippen LogP contribution in [0.5, 0.6) is 0 Å². The van der Waals surface area contributed by atoms with Crippen LogP contribution in [0.25, 0.3) is 0 Å². The minimum atomic E-state index is -0.289. The molecular weight excluding hydrogens is 393 g/mol. The Labute approximate surface area is 184 Å². The van der Waals surface area contributed by atoms with Crippen LogP contribution in [0.1, 0.15) is 42.1 Å². The first-order chi connectivity index (χ1) is 15.0. The maximum Gasteiger partial charge on any atom is 0.253 e. The molecule has 6 heteroatoms. The first-order valence-corrected chi connectivity index (χ1v) is 11.0. The quantitative estimate of drug-likeness (QED) is 0.646. The van der Waals surface area contributed by atoms with Gasteiger partial charge in [-0.05, 0) is 44.0 Å². The molecule has 0 atom stereocenters.